The largest absolute Gasteiger partial charge is 0.493 e. The maximum Gasteiger partial charge on any atom is 0.122 e. The summed E-state index contributed by atoms with van der Waals surface area (Å²) in [6.07, 6.45) is 22.7. The van der Waals surface area contributed by atoms with E-state index in [0.29, 0.717) is 0 Å². The molecule has 1 nitrogen and oxygen atoms in total. The Labute approximate surface area is 192 Å². The van der Waals surface area contributed by atoms with Crippen molar-refractivity contribution in [2.45, 2.75) is 96.8 Å². The van der Waals surface area contributed by atoms with Crippen LogP contribution < -0.4 is 4.74 Å². The summed E-state index contributed by atoms with van der Waals surface area (Å²) in [5.41, 5.74) is 2.91. The second kappa shape index (κ2) is 13.1. The van der Waals surface area contributed by atoms with E-state index in [4.69, 9.17) is 4.74 Å². The molecule has 2 aliphatic rings. The van der Waals surface area contributed by atoms with E-state index in [0.717, 1.165) is 55.3 Å². The zero-order valence-electron chi connectivity index (χ0n) is 20.1. The Morgan fingerprint density at radius 1 is 0.935 bits per heavy atom. The number of aryl methyl sites for hydroxylation is 2. The first-order valence-electron chi connectivity index (χ1n) is 13.2. The summed E-state index contributed by atoms with van der Waals surface area (Å²) >= 11 is 0. The molecule has 1 aromatic carbocycles. The lowest BCUT2D eigenvalue weighted by Crippen LogP contribution is -2.25. The van der Waals surface area contributed by atoms with Gasteiger partial charge in [-0.05, 0) is 111 Å². The first-order chi connectivity index (χ1) is 15.2. The Morgan fingerprint density at radius 2 is 1.65 bits per heavy atom. The minimum Gasteiger partial charge on any atom is -0.493 e. The molecule has 1 aromatic rings. The van der Waals surface area contributed by atoms with Gasteiger partial charge in [0.15, 0.2) is 0 Å². The highest BCUT2D eigenvalue weighted by atomic mass is 16.5. The number of ether oxygens (including phenoxy) is 1. The molecule has 0 unspecified atom stereocenters. The monoisotopic (exact) mass is 422 g/mol. The number of rotatable bonds is 12. The quantitative estimate of drug-likeness (QED) is 0.242. The van der Waals surface area contributed by atoms with E-state index in [9.17, 15) is 0 Å². The van der Waals surface area contributed by atoms with Crippen molar-refractivity contribution in [2.75, 3.05) is 6.61 Å². The summed E-state index contributed by atoms with van der Waals surface area (Å²) in [6.45, 7) is 10.9. The second-order valence-corrected chi connectivity index (χ2v) is 10.2. The van der Waals surface area contributed by atoms with E-state index >= 15 is 0 Å². The average molecular weight is 423 g/mol. The van der Waals surface area contributed by atoms with Crippen molar-refractivity contribution in [1.29, 1.82) is 0 Å². The molecular formula is C30H46O. The van der Waals surface area contributed by atoms with E-state index in [2.05, 4.69) is 44.4 Å². The predicted molar refractivity (Wildman–Crippen MR) is 135 cm³/mol. The molecule has 0 aliphatic heterocycles. The van der Waals surface area contributed by atoms with Gasteiger partial charge in [-0.25, -0.2) is 0 Å². The molecule has 0 heterocycles. The fourth-order valence-electron chi connectivity index (χ4n) is 5.97. The van der Waals surface area contributed by atoms with Gasteiger partial charge < -0.3 is 4.74 Å². The number of allylic oxidation sites excluding steroid dienone is 2. The van der Waals surface area contributed by atoms with Crippen LogP contribution in [0, 0.1) is 23.7 Å². The molecule has 0 saturated heterocycles. The van der Waals surface area contributed by atoms with Gasteiger partial charge >= 0.3 is 0 Å². The molecule has 31 heavy (non-hydrogen) atoms. The molecule has 1 heteroatoms. The minimum atomic E-state index is 0.792. The topological polar surface area (TPSA) is 9.23 Å². The third kappa shape index (κ3) is 7.55. The summed E-state index contributed by atoms with van der Waals surface area (Å²) in [5, 5.41) is 0. The molecule has 0 radical (unpaired) electrons. The third-order valence-electron chi connectivity index (χ3n) is 8.00. The van der Waals surface area contributed by atoms with Crippen LogP contribution in [0.25, 0.3) is 0 Å². The predicted octanol–water partition coefficient (Wildman–Crippen LogP) is 8.72. The fraction of sp³-hybridized carbons (Fsp3) is 0.667. The Hall–Kier alpha value is -1.50. The summed E-state index contributed by atoms with van der Waals surface area (Å²) in [7, 11) is 0. The van der Waals surface area contributed by atoms with E-state index in [1.54, 1.807) is 0 Å². The van der Waals surface area contributed by atoms with Crippen molar-refractivity contribution >= 4 is 0 Å². The summed E-state index contributed by atoms with van der Waals surface area (Å²) in [6, 6.07) is 6.96. The van der Waals surface area contributed by atoms with Crippen molar-refractivity contribution < 1.29 is 4.74 Å². The summed E-state index contributed by atoms with van der Waals surface area (Å²) in [5.74, 6) is 4.85. The number of unbranched alkanes of at least 4 members (excludes halogenated alkanes) is 1. The Kier molecular flexibility index (Phi) is 10.2. The van der Waals surface area contributed by atoms with Gasteiger partial charge in [0.2, 0.25) is 0 Å². The van der Waals surface area contributed by atoms with Crippen molar-refractivity contribution in [3.8, 4) is 5.75 Å². The fourth-order valence-corrected chi connectivity index (χ4v) is 5.97. The first-order valence-corrected chi connectivity index (χ1v) is 13.2. The van der Waals surface area contributed by atoms with Gasteiger partial charge in [0.25, 0.3) is 0 Å². The lowest BCUT2D eigenvalue weighted by molar-refractivity contribution is 0.153. The number of hydrogen-bond acceptors (Lipinski definition) is 1. The molecule has 0 N–H and O–H groups in total. The van der Waals surface area contributed by atoms with Gasteiger partial charge in [0, 0.05) is 0 Å². The van der Waals surface area contributed by atoms with Gasteiger partial charge in [-0.3, -0.25) is 0 Å². The molecule has 172 valence electrons. The van der Waals surface area contributed by atoms with Gasteiger partial charge in [-0.1, -0.05) is 50.5 Å². The van der Waals surface area contributed by atoms with Gasteiger partial charge in [-0.15, -0.1) is 13.2 Å². The molecule has 2 saturated carbocycles. The standard InChI is InChI=1S/C30H46O/c1-4-7-8-22-31-30-21-16-26(23-29(30)9-5-2)11-10-25-14-19-28(20-15-25)27-17-12-24(6-3)13-18-27/h4,6,16,21,23-25,27-28H,1,3,5,7-15,17-20,22H2,2H3. The van der Waals surface area contributed by atoms with Crippen LogP contribution in [0.4, 0.5) is 0 Å². The highest BCUT2D eigenvalue weighted by Crippen LogP contribution is 2.42. The minimum absolute atomic E-state index is 0.792. The Bertz CT molecular complexity index is 659. The number of hydrogen-bond donors (Lipinski definition) is 0. The van der Waals surface area contributed by atoms with Crippen LogP contribution in [-0.2, 0) is 12.8 Å². The molecule has 2 fully saturated rings. The summed E-state index contributed by atoms with van der Waals surface area (Å²) < 4.78 is 6.07. The van der Waals surface area contributed by atoms with Crippen LogP contribution in [0.15, 0.2) is 43.5 Å². The van der Waals surface area contributed by atoms with Crippen molar-refractivity contribution in [2.24, 2.45) is 23.7 Å². The van der Waals surface area contributed by atoms with Crippen LogP contribution in [0.1, 0.15) is 95.1 Å². The van der Waals surface area contributed by atoms with Crippen LogP contribution in [0.2, 0.25) is 0 Å². The SMILES string of the molecule is C=CCCCOc1ccc(CCC2CCC(C3CCC(C=C)CC3)CC2)cc1CCC. The van der Waals surface area contributed by atoms with Crippen molar-refractivity contribution in [3.63, 3.8) is 0 Å². The molecule has 0 atom stereocenters. The molecular weight excluding hydrogens is 376 g/mol. The molecule has 0 amide bonds. The first kappa shape index (κ1) is 24.1. The zero-order valence-corrected chi connectivity index (χ0v) is 20.1. The maximum atomic E-state index is 6.07. The van der Waals surface area contributed by atoms with Gasteiger partial charge in [-0.2, -0.15) is 0 Å². The van der Waals surface area contributed by atoms with Crippen LogP contribution in [0.3, 0.4) is 0 Å². The normalized spacial score (nSPS) is 26.4. The average Bonchev–Trinajstić information content (AvgIpc) is 2.82. The Balaban J connectivity index is 1.43. The molecule has 0 bridgehead atoms. The van der Waals surface area contributed by atoms with Crippen LogP contribution in [0.5, 0.6) is 5.75 Å². The Morgan fingerprint density at radius 3 is 2.29 bits per heavy atom. The molecule has 2 aliphatic carbocycles. The van der Waals surface area contributed by atoms with E-state index in [1.807, 2.05) is 6.08 Å². The lowest BCUT2D eigenvalue weighted by atomic mass is 9.68. The maximum absolute atomic E-state index is 6.07. The molecule has 0 spiro atoms. The lowest BCUT2D eigenvalue weighted by Gasteiger charge is -2.37. The second-order valence-electron chi connectivity index (χ2n) is 10.2. The zero-order chi connectivity index (χ0) is 21.9. The highest BCUT2D eigenvalue weighted by Gasteiger charge is 2.30. The smallest absolute Gasteiger partial charge is 0.122 e. The van der Waals surface area contributed by atoms with E-state index in [1.165, 1.54) is 81.8 Å². The van der Waals surface area contributed by atoms with Gasteiger partial charge in [0.05, 0.1) is 6.61 Å². The van der Waals surface area contributed by atoms with Gasteiger partial charge in [0.1, 0.15) is 5.75 Å². The van der Waals surface area contributed by atoms with Crippen LogP contribution in [-0.4, -0.2) is 6.61 Å². The van der Waals surface area contributed by atoms with E-state index in [-0.39, 0.29) is 0 Å². The highest BCUT2D eigenvalue weighted by molar-refractivity contribution is 5.37. The van der Waals surface area contributed by atoms with Crippen molar-refractivity contribution in [3.05, 3.63) is 54.6 Å². The van der Waals surface area contributed by atoms with Crippen LogP contribution >= 0.6 is 0 Å². The molecule has 0 aromatic heterocycles. The van der Waals surface area contributed by atoms with E-state index < -0.39 is 0 Å². The molecule has 3 rings (SSSR count). The number of benzene rings is 1. The van der Waals surface area contributed by atoms with Crippen molar-refractivity contribution in [1.82, 2.24) is 0 Å². The third-order valence-corrected chi connectivity index (χ3v) is 8.00. The summed E-state index contributed by atoms with van der Waals surface area (Å²) in [4.78, 5) is 0.